The fraction of sp³-hybridized carbons (Fsp3) is 0.0357. The lowest BCUT2D eigenvalue weighted by atomic mass is 10.0. The van der Waals surface area contributed by atoms with Gasteiger partial charge in [0.1, 0.15) is 5.82 Å². The molecule has 0 aliphatic carbocycles. The lowest BCUT2D eigenvalue weighted by Gasteiger charge is -2.10. The smallest absolute Gasteiger partial charge is 0.323 e. The summed E-state index contributed by atoms with van der Waals surface area (Å²) in [7, 11) is 0. The number of aryl methyl sites for hydroxylation is 1. The van der Waals surface area contributed by atoms with Gasteiger partial charge in [-0.3, -0.25) is 0 Å². The third-order valence-electron chi connectivity index (χ3n) is 5.66. The minimum Gasteiger partial charge on any atom is -0.383 e. The Kier molecular flexibility index (Phi) is 5.88. The van der Waals surface area contributed by atoms with Crippen molar-refractivity contribution in [2.75, 3.05) is 16.4 Å². The summed E-state index contributed by atoms with van der Waals surface area (Å²) in [6.07, 6.45) is 1.76. The van der Waals surface area contributed by atoms with E-state index in [9.17, 15) is 10.1 Å². The molecule has 0 saturated heterocycles. The highest BCUT2D eigenvalue weighted by Gasteiger charge is 2.15. The first kappa shape index (κ1) is 22.1. The summed E-state index contributed by atoms with van der Waals surface area (Å²) in [6, 6.07) is 24.6. The van der Waals surface area contributed by atoms with Gasteiger partial charge in [-0.05, 0) is 65.4 Å². The predicted octanol–water partition coefficient (Wildman–Crippen LogP) is 7.04. The summed E-state index contributed by atoms with van der Waals surface area (Å²) in [6.45, 7) is 1.98. The summed E-state index contributed by atoms with van der Waals surface area (Å²) < 4.78 is 1.02. The zero-order valence-corrected chi connectivity index (χ0v) is 19.7. The van der Waals surface area contributed by atoms with Gasteiger partial charge in [0, 0.05) is 38.8 Å². The van der Waals surface area contributed by atoms with Crippen molar-refractivity contribution in [1.29, 1.82) is 5.26 Å². The SMILES string of the molecule is Cc1cccc(NC(=O)Nc2ccc(-c3csc4c(-c5cccc(C#N)c5)cnc(N)c34)cc2)c1. The van der Waals surface area contributed by atoms with Crippen molar-refractivity contribution in [1.82, 2.24) is 4.98 Å². The number of hydrogen-bond acceptors (Lipinski definition) is 5. The molecule has 0 unspecified atom stereocenters. The maximum Gasteiger partial charge on any atom is 0.323 e. The number of carbonyl (C=O) groups is 1. The average molecular weight is 476 g/mol. The van der Waals surface area contributed by atoms with E-state index in [0.29, 0.717) is 17.1 Å². The van der Waals surface area contributed by atoms with Crippen molar-refractivity contribution in [3.05, 3.63) is 95.5 Å². The number of anilines is 3. The number of amides is 2. The molecule has 0 spiro atoms. The van der Waals surface area contributed by atoms with Crippen LogP contribution in [0.5, 0.6) is 0 Å². The van der Waals surface area contributed by atoms with Gasteiger partial charge < -0.3 is 16.4 Å². The lowest BCUT2D eigenvalue weighted by Crippen LogP contribution is -2.19. The molecule has 0 fully saturated rings. The first-order chi connectivity index (χ1) is 17.0. The number of pyridine rings is 1. The lowest BCUT2D eigenvalue weighted by molar-refractivity contribution is 0.262. The minimum absolute atomic E-state index is 0.304. The van der Waals surface area contributed by atoms with Gasteiger partial charge in [-0.2, -0.15) is 5.26 Å². The Bertz CT molecular complexity index is 1600. The Morgan fingerprint density at radius 2 is 1.71 bits per heavy atom. The maximum absolute atomic E-state index is 12.4. The van der Waals surface area contributed by atoms with E-state index in [0.717, 1.165) is 43.6 Å². The van der Waals surface area contributed by atoms with Crippen LogP contribution in [0.4, 0.5) is 22.0 Å². The van der Waals surface area contributed by atoms with E-state index in [2.05, 4.69) is 27.1 Å². The van der Waals surface area contributed by atoms with Gasteiger partial charge >= 0.3 is 6.03 Å². The maximum atomic E-state index is 12.4. The molecule has 5 aromatic rings. The molecule has 170 valence electrons. The van der Waals surface area contributed by atoms with Crippen LogP contribution in [-0.2, 0) is 0 Å². The van der Waals surface area contributed by atoms with Crippen LogP contribution in [0, 0.1) is 18.3 Å². The van der Waals surface area contributed by atoms with Gasteiger partial charge in [-0.25, -0.2) is 9.78 Å². The molecule has 2 aromatic heterocycles. The molecule has 5 rings (SSSR count). The monoisotopic (exact) mass is 475 g/mol. The molecule has 0 aliphatic rings. The summed E-state index contributed by atoms with van der Waals surface area (Å²) >= 11 is 1.59. The molecule has 2 amide bonds. The van der Waals surface area contributed by atoms with Crippen molar-refractivity contribution in [2.45, 2.75) is 6.92 Å². The number of nitrogen functional groups attached to an aromatic ring is 1. The normalized spacial score (nSPS) is 10.6. The molecule has 0 atom stereocenters. The van der Waals surface area contributed by atoms with Crippen LogP contribution in [0.3, 0.4) is 0 Å². The molecule has 6 nitrogen and oxygen atoms in total. The third-order valence-corrected chi connectivity index (χ3v) is 6.67. The van der Waals surface area contributed by atoms with E-state index >= 15 is 0 Å². The van der Waals surface area contributed by atoms with Gasteiger partial charge in [-0.15, -0.1) is 11.3 Å². The second kappa shape index (κ2) is 9.29. The highest BCUT2D eigenvalue weighted by molar-refractivity contribution is 7.18. The third kappa shape index (κ3) is 4.56. The molecule has 0 saturated carbocycles. The van der Waals surface area contributed by atoms with Crippen LogP contribution in [0.15, 0.2) is 84.4 Å². The molecule has 0 aliphatic heterocycles. The number of hydrogen-bond donors (Lipinski definition) is 3. The predicted molar refractivity (Wildman–Crippen MR) is 143 cm³/mol. The number of thiophene rings is 1. The number of nitrogens with one attached hydrogen (secondary N) is 2. The van der Waals surface area contributed by atoms with Gasteiger partial charge in [-0.1, -0.05) is 36.4 Å². The van der Waals surface area contributed by atoms with Gasteiger partial charge in [0.05, 0.1) is 11.6 Å². The summed E-state index contributed by atoms with van der Waals surface area (Å²) in [5, 5.41) is 17.9. The fourth-order valence-electron chi connectivity index (χ4n) is 3.99. The topological polar surface area (TPSA) is 104 Å². The quantitative estimate of drug-likeness (QED) is 0.259. The molecule has 0 bridgehead atoms. The first-order valence-corrected chi connectivity index (χ1v) is 11.8. The minimum atomic E-state index is -0.304. The first-order valence-electron chi connectivity index (χ1n) is 10.9. The van der Waals surface area contributed by atoms with Crippen LogP contribution >= 0.6 is 11.3 Å². The van der Waals surface area contributed by atoms with Crippen molar-refractivity contribution in [2.24, 2.45) is 0 Å². The van der Waals surface area contributed by atoms with Gasteiger partial charge in [0.2, 0.25) is 0 Å². The van der Waals surface area contributed by atoms with Crippen molar-refractivity contribution >= 4 is 44.6 Å². The molecule has 0 radical (unpaired) electrons. The van der Waals surface area contributed by atoms with E-state index in [-0.39, 0.29) is 6.03 Å². The highest BCUT2D eigenvalue weighted by atomic mass is 32.1. The average Bonchev–Trinajstić information content (AvgIpc) is 3.31. The van der Waals surface area contributed by atoms with Crippen molar-refractivity contribution < 1.29 is 4.79 Å². The number of aromatic nitrogens is 1. The van der Waals surface area contributed by atoms with Crippen LogP contribution < -0.4 is 16.4 Å². The zero-order chi connectivity index (χ0) is 24.4. The van der Waals surface area contributed by atoms with E-state index in [1.807, 2.05) is 73.7 Å². The Balaban J connectivity index is 1.42. The number of nitriles is 1. The van der Waals surface area contributed by atoms with Crippen LogP contribution in [0.25, 0.3) is 32.3 Å². The molecular weight excluding hydrogens is 454 g/mol. The van der Waals surface area contributed by atoms with E-state index in [4.69, 9.17) is 5.73 Å². The zero-order valence-electron chi connectivity index (χ0n) is 18.9. The Morgan fingerprint density at radius 1 is 0.943 bits per heavy atom. The van der Waals surface area contributed by atoms with Crippen LogP contribution in [0.2, 0.25) is 0 Å². The highest BCUT2D eigenvalue weighted by Crippen LogP contribution is 2.42. The molecule has 7 heteroatoms. The fourth-order valence-corrected chi connectivity index (χ4v) is 5.11. The Morgan fingerprint density at radius 3 is 2.49 bits per heavy atom. The van der Waals surface area contributed by atoms with E-state index in [1.54, 1.807) is 23.6 Å². The number of fused-ring (bicyclic) bond motifs is 1. The van der Waals surface area contributed by atoms with Crippen LogP contribution in [0.1, 0.15) is 11.1 Å². The number of benzene rings is 3. The standard InChI is InChI=1S/C28H21N5OS/c1-17-4-2-7-22(12-17)33-28(34)32-21-10-8-19(9-11-21)24-16-35-26-23(15-31-27(30)25(24)26)20-6-3-5-18(13-20)14-29/h2-13,15-16H,1H3,(H2,30,31)(H2,32,33,34). The molecular formula is C28H21N5OS. The van der Waals surface area contributed by atoms with Gasteiger partial charge in [0.25, 0.3) is 0 Å². The van der Waals surface area contributed by atoms with Crippen LogP contribution in [-0.4, -0.2) is 11.0 Å². The second-order valence-electron chi connectivity index (χ2n) is 8.13. The number of rotatable bonds is 4. The van der Waals surface area contributed by atoms with E-state index in [1.165, 1.54) is 0 Å². The Labute approximate surface area is 206 Å². The van der Waals surface area contributed by atoms with Gasteiger partial charge in [0.15, 0.2) is 0 Å². The number of nitrogens with two attached hydrogens (primary N) is 1. The Hall–Kier alpha value is -4.67. The molecule has 3 aromatic carbocycles. The molecule has 4 N–H and O–H groups in total. The second-order valence-corrected chi connectivity index (χ2v) is 9.01. The molecule has 35 heavy (non-hydrogen) atoms. The summed E-state index contributed by atoms with van der Waals surface area (Å²) in [5.41, 5.74) is 13.2. The molecule has 2 heterocycles. The number of urea groups is 1. The largest absolute Gasteiger partial charge is 0.383 e. The summed E-state index contributed by atoms with van der Waals surface area (Å²) in [5.74, 6) is 0.455. The van der Waals surface area contributed by atoms with Crippen molar-refractivity contribution in [3.63, 3.8) is 0 Å². The summed E-state index contributed by atoms with van der Waals surface area (Å²) in [4.78, 5) is 16.8. The van der Waals surface area contributed by atoms with E-state index < -0.39 is 0 Å². The van der Waals surface area contributed by atoms with Crippen molar-refractivity contribution in [3.8, 4) is 28.3 Å². The number of nitrogens with zero attached hydrogens (tertiary/aromatic N) is 2. The number of carbonyl (C=O) groups excluding carboxylic acids is 1.